The molecule has 0 bridgehead atoms. The normalized spacial score (nSPS) is 23.2. The molecule has 1 aliphatic heterocycles. The summed E-state index contributed by atoms with van der Waals surface area (Å²) in [7, 11) is 1.61. The summed E-state index contributed by atoms with van der Waals surface area (Å²) in [5.41, 5.74) is 0. The summed E-state index contributed by atoms with van der Waals surface area (Å²) in [5, 5.41) is 13.0. The van der Waals surface area contributed by atoms with Crippen molar-refractivity contribution < 1.29 is 14.7 Å². The zero-order valence-corrected chi connectivity index (χ0v) is 10.1. The van der Waals surface area contributed by atoms with Crippen molar-refractivity contribution in [3.63, 3.8) is 0 Å². The van der Waals surface area contributed by atoms with Crippen molar-refractivity contribution in [1.29, 1.82) is 0 Å². The Balaban J connectivity index is 1.76. The van der Waals surface area contributed by atoms with Crippen molar-refractivity contribution in [2.75, 3.05) is 33.2 Å². The predicted molar refractivity (Wildman–Crippen MR) is 61.2 cm³/mol. The fourth-order valence-corrected chi connectivity index (χ4v) is 1.84. The molecular weight excluding hydrogens is 222 g/mol. The maximum absolute atomic E-state index is 11.6. The van der Waals surface area contributed by atoms with Crippen molar-refractivity contribution in [2.45, 2.75) is 25.0 Å². The van der Waals surface area contributed by atoms with E-state index in [0.717, 1.165) is 0 Å². The van der Waals surface area contributed by atoms with Gasteiger partial charge in [0.15, 0.2) is 0 Å². The number of carbonyl (C=O) groups excluding carboxylic acids is 2. The highest BCUT2D eigenvalue weighted by Crippen LogP contribution is 2.18. The van der Waals surface area contributed by atoms with Crippen LogP contribution in [0.2, 0.25) is 0 Å². The van der Waals surface area contributed by atoms with Gasteiger partial charge >= 0.3 is 0 Å². The van der Waals surface area contributed by atoms with Crippen LogP contribution in [0.5, 0.6) is 0 Å². The van der Waals surface area contributed by atoms with E-state index >= 15 is 0 Å². The van der Waals surface area contributed by atoms with Crippen molar-refractivity contribution in [1.82, 2.24) is 15.1 Å². The van der Waals surface area contributed by atoms with Crippen LogP contribution in [0, 0.1) is 0 Å². The van der Waals surface area contributed by atoms with E-state index in [1.807, 2.05) is 0 Å². The molecule has 2 amide bonds. The fourth-order valence-electron chi connectivity index (χ4n) is 1.84. The maximum Gasteiger partial charge on any atom is 0.242 e. The van der Waals surface area contributed by atoms with Crippen molar-refractivity contribution >= 4 is 11.8 Å². The van der Waals surface area contributed by atoms with Crippen molar-refractivity contribution in [2.24, 2.45) is 0 Å². The molecular formula is C11H19N3O3. The molecule has 6 heteroatoms. The lowest BCUT2D eigenvalue weighted by atomic mass is 10.2. The molecule has 1 saturated carbocycles. The Labute approximate surface area is 101 Å². The molecule has 0 aromatic carbocycles. The van der Waals surface area contributed by atoms with Gasteiger partial charge in [0, 0.05) is 26.2 Å². The van der Waals surface area contributed by atoms with Gasteiger partial charge in [0.25, 0.3) is 0 Å². The zero-order valence-electron chi connectivity index (χ0n) is 10.1. The molecule has 0 spiro atoms. The van der Waals surface area contributed by atoms with Gasteiger partial charge in [-0.2, -0.15) is 0 Å². The van der Waals surface area contributed by atoms with Gasteiger partial charge in [-0.3, -0.25) is 9.59 Å². The average molecular weight is 241 g/mol. The van der Waals surface area contributed by atoms with Crippen LogP contribution in [0.25, 0.3) is 0 Å². The van der Waals surface area contributed by atoms with Crippen LogP contribution in [0.1, 0.15) is 12.8 Å². The number of piperazine rings is 1. The Hall–Kier alpha value is -1.14. The largest absolute Gasteiger partial charge is 0.390 e. The third-order valence-electron chi connectivity index (χ3n) is 3.13. The second-order valence-electron chi connectivity index (χ2n) is 4.86. The van der Waals surface area contributed by atoms with Crippen LogP contribution in [-0.2, 0) is 9.59 Å². The van der Waals surface area contributed by atoms with E-state index in [0.29, 0.717) is 12.6 Å². The quantitative estimate of drug-likeness (QED) is 0.608. The highest BCUT2D eigenvalue weighted by atomic mass is 16.3. The van der Waals surface area contributed by atoms with Crippen LogP contribution in [0.4, 0.5) is 0 Å². The molecule has 0 aromatic heterocycles. The summed E-state index contributed by atoms with van der Waals surface area (Å²) in [6.45, 7) is 0.911. The molecule has 96 valence electrons. The summed E-state index contributed by atoms with van der Waals surface area (Å²) in [6.07, 6.45) is 1.73. The molecule has 1 atom stereocenters. The third-order valence-corrected chi connectivity index (χ3v) is 3.13. The SMILES string of the molecule is CN1CC(=O)N(CC(O)CNC2CC2)CC1=O. The molecule has 1 heterocycles. The molecule has 0 aromatic rings. The van der Waals surface area contributed by atoms with Crippen LogP contribution in [-0.4, -0.2) is 72.1 Å². The van der Waals surface area contributed by atoms with E-state index in [9.17, 15) is 14.7 Å². The van der Waals surface area contributed by atoms with Crippen LogP contribution < -0.4 is 5.32 Å². The predicted octanol–water partition coefficient (Wildman–Crippen LogP) is -1.60. The van der Waals surface area contributed by atoms with Gasteiger partial charge in [-0.25, -0.2) is 0 Å². The van der Waals surface area contributed by atoms with Gasteiger partial charge in [0.1, 0.15) is 0 Å². The van der Waals surface area contributed by atoms with Crippen molar-refractivity contribution in [3.8, 4) is 0 Å². The lowest BCUT2D eigenvalue weighted by Gasteiger charge is -2.32. The Morgan fingerprint density at radius 1 is 1.35 bits per heavy atom. The molecule has 17 heavy (non-hydrogen) atoms. The number of aliphatic hydroxyl groups excluding tert-OH is 1. The lowest BCUT2D eigenvalue weighted by molar-refractivity contribution is -0.149. The fraction of sp³-hybridized carbons (Fsp3) is 0.818. The van der Waals surface area contributed by atoms with Gasteiger partial charge in [-0.05, 0) is 12.8 Å². The summed E-state index contributed by atoms with van der Waals surface area (Å²) < 4.78 is 0. The van der Waals surface area contributed by atoms with E-state index in [4.69, 9.17) is 0 Å². The summed E-state index contributed by atoms with van der Waals surface area (Å²) in [4.78, 5) is 25.9. The van der Waals surface area contributed by atoms with Crippen molar-refractivity contribution in [3.05, 3.63) is 0 Å². The highest BCUT2D eigenvalue weighted by molar-refractivity contribution is 5.92. The molecule has 2 rings (SSSR count). The molecule has 0 radical (unpaired) electrons. The zero-order chi connectivity index (χ0) is 12.4. The number of nitrogens with zero attached hydrogens (tertiary/aromatic N) is 2. The minimum atomic E-state index is -0.601. The topological polar surface area (TPSA) is 72.9 Å². The Morgan fingerprint density at radius 3 is 2.71 bits per heavy atom. The van der Waals surface area contributed by atoms with Crippen LogP contribution in [0.15, 0.2) is 0 Å². The number of amides is 2. The molecule has 1 unspecified atom stereocenters. The number of β-amino-alcohol motifs (C(OH)–C–C–N with tert-alkyl or cyclic N) is 1. The Bertz CT molecular complexity index is 317. The standard InChI is InChI=1S/C11H19N3O3/c1-13-6-11(17)14(7-10(13)16)5-9(15)4-12-8-2-3-8/h8-9,12,15H,2-7H2,1H3. The summed E-state index contributed by atoms with van der Waals surface area (Å²) >= 11 is 0. The third kappa shape index (κ3) is 3.41. The first kappa shape index (κ1) is 12.3. The molecule has 2 N–H and O–H groups in total. The van der Waals surface area contributed by atoms with Gasteiger partial charge in [0.2, 0.25) is 11.8 Å². The Kier molecular flexibility index (Phi) is 3.63. The number of carbonyl (C=O) groups is 2. The lowest BCUT2D eigenvalue weighted by Crippen LogP contribution is -2.54. The van der Waals surface area contributed by atoms with Crippen LogP contribution >= 0.6 is 0 Å². The van der Waals surface area contributed by atoms with Gasteiger partial charge in [-0.15, -0.1) is 0 Å². The molecule has 1 aliphatic carbocycles. The second kappa shape index (κ2) is 5.01. The first-order valence-electron chi connectivity index (χ1n) is 5.99. The van der Waals surface area contributed by atoms with E-state index in [1.165, 1.54) is 22.6 Å². The number of rotatable bonds is 5. The van der Waals surface area contributed by atoms with E-state index in [2.05, 4.69) is 5.32 Å². The minimum Gasteiger partial charge on any atom is -0.390 e. The number of aliphatic hydroxyl groups is 1. The monoisotopic (exact) mass is 241 g/mol. The molecule has 6 nitrogen and oxygen atoms in total. The van der Waals surface area contributed by atoms with Gasteiger partial charge in [-0.1, -0.05) is 0 Å². The Morgan fingerprint density at radius 2 is 2.06 bits per heavy atom. The highest BCUT2D eigenvalue weighted by Gasteiger charge is 2.29. The van der Waals surface area contributed by atoms with Gasteiger partial charge < -0.3 is 20.2 Å². The van der Waals surface area contributed by atoms with E-state index < -0.39 is 6.10 Å². The summed E-state index contributed by atoms with van der Waals surface area (Å²) in [5.74, 6) is -0.176. The molecule has 2 fully saturated rings. The van der Waals surface area contributed by atoms with Gasteiger partial charge in [0.05, 0.1) is 19.2 Å². The second-order valence-corrected chi connectivity index (χ2v) is 4.86. The van der Waals surface area contributed by atoms with E-state index in [1.54, 1.807) is 7.05 Å². The number of likely N-dealkylation sites (N-methyl/N-ethyl adjacent to an activating group) is 1. The molecule has 1 saturated heterocycles. The number of hydrogen-bond acceptors (Lipinski definition) is 4. The smallest absolute Gasteiger partial charge is 0.242 e. The number of nitrogens with one attached hydrogen (secondary N) is 1. The minimum absolute atomic E-state index is 0.0769. The van der Waals surface area contributed by atoms with Crippen LogP contribution in [0.3, 0.4) is 0 Å². The van der Waals surface area contributed by atoms with E-state index in [-0.39, 0.29) is 31.4 Å². The average Bonchev–Trinajstić information content (AvgIpc) is 3.07. The first-order valence-corrected chi connectivity index (χ1v) is 5.99. The molecule has 2 aliphatic rings. The first-order chi connectivity index (χ1) is 8.06. The number of hydrogen-bond donors (Lipinski definition) is 2. The maximum atomic E-state index is 11.6. The summed E-state index contributed by atoms with van der Waals surface area (Å²) in [6, 6.07) is 0.537.